The number of carbonyl (C=O) groups is 2. The molecule has 0 bridgehead atoms. The van der Waals surface area contributed by atoms with Gasteiger partial charge >= 0.3 is 11.9 Å². The number of nitrogens with zero attached hydrogens (tertiary/aromatic N) is 3. The second kappa shape index (κ2) is 4.56. The third-order valence-electron chi connectivity index (χ3n) is 2.54. The summed E-state index contributed by atoms with van der Waals surface area (Å²) in [6.07, 6.45) is 0.687. The molecule has 2 aromatic rings. The van der Waals surface area contributed by atoms with E-state index in [-0.39, 0.29) is 5.89 Å². The van der Waals surface area contributed by atoms with E-state index in [0.29, 0.717) is 12.1 Å². The molecule has 19 heavy (non-hydrogen) atoms. The zero-order chi connectivity index (χ0) is 14.2. The van der Waals surface area contributed by atoms with Crippen LogP contribution in [0.3, 0.4) is 0 Å². The summed E-state index contributed by atoms with van der Waals surface area (Å²) in [5.41, 5.74) is 0.568. The van der Waals surface area contributed by atoms with Crippen LogP contribution in [-0.4, -0.2) is 36.9 Å². The molecule has 0 saturated heterocycles. The molecule has 0 atom stereocenters. The van der Waals surface area contributed by atoms with Gasteiger partial charge in [0.25, 0.3) is 0 Å². The molecule has 2 rings (SSSR count). The molecular weight excluding hydrogens is 254 g/mol. The maximum atomic E-state index is 10.9. The molecule has 0 saturated carbocycles. The predicted octanol–water partition coefficient (Wildman–Crippen LogP) is 1.03. The van der Waals surface area contributed by atoms with Gasteiger partial charge in [0, 0.05) is 7.05 Å². The molecule has 0 aromatic carbocycles. The van der Waals surface area contributed by atoms with Gasteiger partial charge in [-0.25, -0.2) is 9.59 Å². The minimum Gasteiger partial charge on any atom is -0.476 e. The third kappa shape index (κ3) is 2.19. The lowest BCUT2D eigenvalue weighted by molar-refractivity contribution is 0.0624. The van der Waals surface area contributed by atoms with Crippen LogP contribution in [0.2, 0.25) is 0 Å². The van der Waals surface area contributed by atoms with Crippen molar-refractivity contribution < 1.29 is 24.2 Å². The van der Waals surface area contributed by atoms with Crippen LogP contribution >= 0.6 is 0 Å². The molecule has 8 nitrogen and oxygen atoms in total. The molecule has 0 radical (unpaired) electrons. The molecule has 0 amide bonds. The summed E-state index contributed by atoms with van der Waals surface area (Å²) in [5.74, 6) is -3.70. The Kier molecular flexibility index (Phi) is 3.07. The molecule has 0 aliphatic rings. The minimum absolute atomic E-state index is 0.0792. The highest BCUT2D eigenvalue weighted by Crippen LogP contribution is 2.23. The van der Waals surface area contributed by atoms with E-state index in [1.54, 1.807) is 13.1 Å². The summed E-state index contributed by atoms with van der Waals surface area (Å²) in [4.78, 5) is 25.5. The zero-order valence-corrected chi connectivity index (χ0v) is 10.2. The number of hydrogen-bond donors (Lipinski definition) is 2. The lowest BCUT2D eigenvalue weighted by Crippen LogP contribution is -2.05. The van der Waals surface area contributed by atoms with Gasteiger partial charge in [0.05, 0.1) is 5.69 Å². The second-order valence-corrected chi connectivity index (χ2v) is 3.81. The van der Waals surface area contributed by atoms with Gasteiger partial charge in [0.2, 0.25) is 17.3 Å². The van der Waals surface area contributed by atoms with E-state index in [1.807, 2.05) is 6.92 Å². The van der Waals surface area contributed by atoms with E-state index in [1.165, 1.54) is 4.68 Å². The van der Waals surface area contributed by atoms with E-state index < -0.39 is 23.4 Å². The van der Waals surface area contributed by atoms with Gasteiger partial charge in [-0.15, -0.1) is 0 Å². The SMILES string of the molecule is CCc1cc(-c2nc(C(=O)O)c(C(=O)O)o2)n(C)n1. The van der Waals surface area contributed by atoms with Gasteiger partial charge in [-0.2, -0.15) is 10.1 Å². The van der Waals surface area contributed by atoms with E-state index in [2.05, 4.69) is 10.1 Å². The van der Waals surface area contributed by atoms with Gasteiger partial charge in [0.1, 0.15) is 5.69 Å². The summed E-state index contributed by atoms with van der Waals surface area (Å²) in [6.45, 7) is 1.91. The van der Waals surface area contributed by atoms with E-state index in [0.717, 1.165) is 5.69 Å². The van der Waals surface area contributed by atoms with Crippen LogP contribution in [0.4, 0.5) is 0 Å². The van der Waals surface area contributed by atoms with Crippen molar-refractivity contribution in [3.05, 3.63) is 23.2 Å². The zero-order valence-electron chi connectivity index (χ0n) is 10.2. The number of carboxylic acids is 2. The average Bonchev–Trinajstić information content (AvgIpc) is 2.91. The molecular formula is C11H11N3O5. The number of aromatic carboxylic acids is 2. The molecule has 2 aromatic heterocycles. The Morgan fingerprint density at radius 1 is 1.37 bits per heavy atom. The molecule has 0 aliphatic heterocycles. The molecule has 0 aliphatic carbocycles. The highest BCUT2D eigenvalue weighted by atomic mass is 16.4. The van der Waals surface area contributed by atoms with Crippen LogP contribution in [0.5, 0.6) is 0 Å². The predicted molar refractivity (Wildman–Crippen MR) is 62.0 cm³/mol. The largest absolute Gasteiger partial charge is 0.476 e. The molecule has 8 heteroatoms. The van der Waals surface area contributed by atoms with Crippen molar-refractivity contribution >= 4 is 11.9 Å². The lowest BCUT2D eigenvalue weighted by atomic mass is 10.3. The van der Waals surface area contributed by atoms with Crippen molar-refractivity contribution in [1.82, 2.24) is 14.8 Å². The lowest BCUT2D eigenvalue weighted by Gasteiger charge is -1.94. The molecule has 2 heterocycles. The van der Waals surface area contributed by atoms with Gasteiger partial charge < -0.3 is 14.6 Å². The first kappa shape index (κ1) is 12.8. The normalized spacial score (nSPS) is 10.6. The van der Waals surface area contributed by atoms with Crippen LogP contribution in [0.15, 0.2) is 10.5 Å². The fourth-order valence-electron chi connectivity index (χ4n) is 1.62. The van der Waals surface area contributed by atoms with E-state index in [9.17, 15) is 9.59 Å². The monoisotopic (exact) mass is 265 g/mol. The van der Waals surface area contributed by atoms with Crippen molar-refractivity contribution in [2.75, 3.05) is 0 Å². The van der Waals surface area contributed by atoms with Crippen molar-refractivity contribution in [3.63, 3.8) is 0 Å². The molecule has 0 spiro atoms. The summed E-state index contributed by atoms with van der Waals surface area (Å²) in [7, 11) is 1.64. The van der Waals surface area contributed by atoms with Crippen molar-refractivity contribution in [1.29, 1.82) is 0 Å². The van der Waals surface area contributed by atoms with Gasteiger partial charge in [-0.1, -0.05) is 6.92 Å². The van der Waals surface area contributed by atoms with Gasteiger partial charge in [-0.3, -0.25) is 4.68 Å². The Balaban J connectivity index is 2.57. The topological polar surface area (TPSA) is 118 Å². The van der Waals surface area contributed by atoms with Gasteiger partial charge in [0.15, 0.2) is 0 Å². The highest BCUT2D eigenvalue weighted by molar-refractivity contribution is 5.98. The minimum atomic E-state index is -1.48. The molecule has 0 unspecified atom stereocenters. The van der Waals surface area contributed by atoms with E-state index in [4.69, 9.17) is 14.6 Å². The number of aryl methyl sites for hydroxylation is 2. The van der Waals surface area contributed by atoms with Crippen LogP contribution in [0, 0.1) is 0 Å². The fraction of sp³-hybridized carbons (Fsp3) is 0.273. The van der Waals surface area contributed by atoms with Crippen molar-refractivity contribution in [2.45, 2.75) is 13.3 Å². The second-order valence-electron chi connectivity index (χ2n) is 3.81. The fourth-order valence-corrected chi connectivity index (χ4v) is 1.62. The van der Waals surface area contributed by atoms with Crippen LogP contribution in [-0.2, 0) is 13.5 Å². The average molecular weight is 265 g/mol. The first-order valence-electron chi connectivity index (χ1n) is 5.44. The van der Waals surface area contributed by atoms with Crippen molar-refractivity contribution in [2.24, 2.45) is 7.05 Å². The first-order valence-corrected chi connectivity index (χ1v) is 5.44. The Morgan fingerprint density at radius 2 is 2.05 bits per heavy atom. The molecule has 2 N–H and O–H groups in total. The molecule has 100 valence electrons. The first-order chi connectivity index (χ1) is 8.93. The van der Waals surface area contributed by atoms with Crippen LogP contribution in [0.1, 0.15) is 33.7 Å². The Bertz CT molecular complexity index is 624. The van der Waals surface area contributed by atoms with Crippen LogP contribution < -0.4 is 0 Å². The Morgan fingerprint density at radius 3 is 2.47 bits per heavy atom. The maximum absolute atomic E-state index is 10.9. The Hall–Kier alpha value is -2.64. The summed E-state index contributed by atoms with van der Waals surface area (Å²) < 4.78 is 6.47. The third-order valence-corrected chi connectivity index (χ3v) is 2.54. The highest BCUT2D eigenvalue weighted by Gasteiger charge is 2.26. The van der Waals surface area contributed by atoms with Crippen LogP contribution in [0.25, 0.3) is 11.6 Å². The molecule has 0 fully saturated rings. The summed E-state index contributed by atoms with van der Waals surface area (Å²) in [6, 6.07) is 1.67. The number of rotatable bonds is 4. The standard InChI is InChI=1S/C11H11N3O5/c1-3-5-4-6(14(2)13-5)9-12-7(10(15)16)8(19-9)11(17)18/h4H,3H2,1-2H3,(H,15,16)(H,17,18). The summed E-state index contributed by atoms with van der Waals surface area (Å²) in [5, 5.41) is 21.9. The quantitative estimate of drug-likeness (QED) is 0.847. The van der Waals surface area contributed by atoms with E-state index >= 15 is 0 Å². The smallest absolute Gasteiger partial charge is 0.374 e. The summed E-state index contributed by atoms with van der Waals surface area (Å²) >= 11 is 0. The Labute approximate surface area is 107 Å². The maximum Gasteiger partial charge on any atom is 0.374 e. The van der Waals surface area contributed by atoms with Crippen molar-refractivity contribution in [3.8, 4) is 11.6 Å². The number of oxazole rings is 1. The van der Waals surface area contributed by atoms with Gasteiger partial charge in [-0.05, 0) is 12.5 Å². The number of carboxylic acid groups (broad SMARTS) is 2. The number of aromatic nitrogens is 3. The number of hydrogen-bond acceptors (Lipinski definition) is 5.